The van der Waals surface area contributed by atoms with Gasteiger partial charge in [0.2, 0.25) is 0 Å². The molecule has 35 heavy (non-hydrogen) atoms. The van der Waals surface area contributed by atoms with Gasteiger partial charge in [0.1, 0.15) is 17.7 Å². The zero-order chi connectivity index (χ0) is 24.9. The minimum atomic E-state index is -0.320. The van der Waals surface area contributed by atoms with Crippen LogP contribution in [0.15, 0.2) is 73.0 Å². The van der Waals surface area contributed by atoms with E-state index in [1.165, 1.54) is 4.90 Å². The third kappa shape index (κ3) is 5.12. The second kappa shape index (κ2) is 10.6. The number of hydrogen-bond donors (Lipinski definition) is 3. The lowest BCUT2D eigenvalue weighted by Crippen LogP contribution is -2.34. The number of nitrogens with zero attached hydrogens (tertiary/aromatic N) is 2. The fourth-order valence-corrected chi connectivity index (χ4v) is 4.19. The lowest BCUT2D eigenvalue weighted by atomic mass is 10.00. The molecule has 4 rings (SSSR count). The van der Waals surface area contributed by atoms with Crippen LogP contribution in [0.2, 0.25) is 0 Å². The summed E-state index contributed by atoms with van der Waals surface area (Å²) in [5, 5.41) is 7.28. The summed E-state index contributed by atoms with van der Waals surface area (Å²) in [6.45, 7) is 5.73. The zero-order valence-corrected chi connectivity index (χ0v) is 20.2. The first-order valence-corrected chi connectivity index (χ1v) is 11.4. The number of pyridine rings is 1. The van der Waals surface area contributed by atoms with Crippen LogP contribution in [0.4, 0.5) is 4.39 Å². The van der Waals surface area contributed by atoms with Gasteiger partial charge >= 0.3 is 0 Å². The molecule has 8 heteroatoms. The summed E-state index contributed by atoms with van der Waals surface area (Å²) in [5.41, 5.74) is 4.20. The number of likely N-dealkylation sites (N-methyl/N-ethyl adjacent to an activating group) is 1. The molecule has 1 fully saturated rings. The van der Waals surface area contributed by atoms with Crippen molar-refractivity contribution in [1.82, 2.24) is 25.5 Å². The van der Waals surface area contributed by atoms with E-state index in [1.807, 2.05) is 36.5 Å². The Morgan fingerprint density at radius 3 is 2.80 bits per heavy atom. The maximum atomic E-state index is 14.0. The summed E-state index contributed by atoms with van der Waals surface area (Å²) < 4.78 is 19.5. The van der Waals surface area contributed by atoms with E-state index in [-0.39, 0.29) is 23.2 Å². The summed E-state index contributed by atoms with van der Waals surface area (Å²) in [7, 11) is 4.91. The molecule has 182 valence electrons. The number of methoxy groups -OCH3 is 1. The van der Waals surface area contributed by atoms with Crippen molar-refractivity contribution in [3.8, 4) is 16.9 Å². The summed E-state index contributed by atoms with van der Waals surface area (Å²) in [6.07, 6.45) is 6.49. The molecule has 1 aliphatic rings. The lowest BCUT2D eigenvalue weighted by molar-refractivity contribution is -0.124. The molecular formula is C27H30FN5O2. The van der Waals surface area contributed by atoms with Crippen LogP contribution in [0.1, 0.15) is 12.0 Å². The first-order chi connectivity index (χ1) is 16.9. The summed E-state index contributed by atoms with van der Waals surface area (Å²) in [4.78, 5) is 22.1. The van der Waals surface area contributed by atoms with Gasteiger partial charge in [-0.1, -0.05) is 24.8 Å². The number of carbonyl (C=O) groups excluding carboxylic acids is 1. The summed E-state index contributed by atoms with van der Waals surface area (Å²) in [5.74, 6) is 0.431. The van der Waals surface area contributed by atoms with Crippen molar-refractivity contribution in [3.63, 3.8) is 0 Å². The highest BCUT2D eigenvalue weighted by Gasteiger charge is 2.22. The van der Waals surface area contributed by atoms with Crippen molar-refractivity contribution in [2.24, 2.45) is 0 Å². The molecule has 0 saturated carbocycles. The fourth-order valence-electron chi connectivity index (χ4n) is 4.19. The number of ether oxygens (including phenoxy) is 1. The standard InChI is InChI=1S/C27H30FN5O2/c1-17(11-22(27(34)33(2)3)24(13-28)32-19-9-10-29-15-19)18-12-21-23(16-31-26(21)30-14-18)20-7-5-6-8-25(20)35-4/h5-8,11-14,16,19,29,32H,1,9-10,15H2,2-4H3,(H,30,31)/b22-11+,24-13-. The van der Waals surface area contributed by atoms with Gasteiger partial charge in [-0.25, -0.2) is 9.37 Å². The Hall–Kier alpha value is -3.91. The number of fused-ring (bicyclic) bond motifs is 1. The molecule has 3 heterocycles. The minimum Gasteiger partial charge on any atom is -0.496 e. The van der Waals surface area contributed by atoms with Crippen LogP contribution < -0.4 is 15.4 Å². The molecule has 1 amide bonds. The lowest BCUT2D eigenvalue weighted by Gasteiger charge is -2.20. The van der Waals surface area contributed by atoms with Crippen LogP contribution >= 0.6 is 0 Å². The van der Waals surface area contributed by atoms with E-state index in [0.29, 0.717) is 18.4 Å². The maximum absolute atomic E-state index is 14.0. The number of aromatic nitrogens is 2. The Morgan fingerprint density at radius 2 is 2.11 bits per heavy atom. The van der Waals surface area contributed by atoms with Gasteiger partial charge in [-0.15, -0.1) is 0 Å². The maximum Gasteiger partial charge on any atom is 0.255 e. The van der Waals surface area contributed by atoms with E-state index in [4.69, 9.17) is 4.74 Å². The molecule has 1 atom stereocenters. The Morgan fingerprint density at radius 1 is 1.31 bits per heavy atom. The highest BCUT2D eigenvalue weighted by molar-refractivity contribution is 6.01. The fraction of sp³-hybridized carbons (Fsp3) is 0.259. The van der Waals surface area contributed by atoms with Gasteiger partial charge in [0.15, 0.2) is 0 Å². The number of para-hydroxylation sites is 1. The third-order valence-corrected chi connectivity index (χ3v) is 6.07. The van der Waals surface area contributed by atoms with Crippen molar-refractivity contribution in [2.75, 3.05) is 34.3 Å². The van der Waals surface area contributed by atoms with Crippen molar-refractivity contribution < 1.29 is 13.9 Å². The van der Waals surface area contributed by atoms with Crippen LogP contribution in [-0.2, 0) is 4.79 Å². The number of hydrogen-bond acceptors (Lipinski definition) is 5. The molecule has 1 saturated heterocycles. The van der Waals surface area contributed by atoms with Gasteiger partial charge < -0.3 is 25.3 Å². The second-order valence-corrected chi connectivity index (χ2v) is 8.66. The first kappa shape index (κ1) is 24.2. The summed E-state index contributed by atoms with van der Waals surface area (Å²) in [6, 6.07) is 9.77. The number of H-pyrrole nitrogens is 1. The number of amides is 1. The SMILES string of the molecule is C=C(/C=C(C(=O)N(C)C)\C(=C\F)NC1CCNC1)c1cnc2[nH]cc(-c3ccccc3OC)c2c1. The topological polar surface area (TPSA) is 82.3 Å². The number of aromatic amines is 1. The number of nitrogens with one attached hydrogen (secondary N) is 3. The van der Waals surface area contributed by atoms with E-state index in [2.05, 4.69) is 27.2 Å². The molecular weight excluding hydrogens is 445 g/mol. The molecule has 2 aromatic heterocycles. The van der Waals surface area contributed by atoms with Gasteiger partial charge in [0.05, 0.1) is 18.4 Å². The average molecular weight is 476 g/mol. The predicted octanol–water partition coefficient (Wildman–Crippen LogP) is 4.03. The molecule has 1 aromatic carbocycles. The van der Waals surface area contributed by atoms with E-state index in [0.717, 1.165) is 46.4 Å². The Bertz CT molecular complexity index is 1300. The molecule has 0 bridgehead atoms. The van der Waals surface area contributed by atoms with Gasteiger partial charge in [-0.05, 0) is 36.7 Å². The number of benzene rings is 1. The monoisotopic (exact) mass is 475 g/mol. The second-order valence-electron chi connectivity index (χ2n) is 8.66. The minimum absolute atomic E-state index is 0.0462. The van der Waals surface area contributed by atoms with Crippen molar-refractivity contribution in [3.05, 3.63) is 78.5 Å². The van der Waals surface area contributed by atoms with Crippen LogP contribution in [0.25, 0.3) is 27.7 Å². The molecule has 3 N–H and O–H groups in total. The van der Waals surface area contributed by atoms with Crippen LogP contribution in [0, 0.1) is 0 Å². The molecule has 7 nitrogen and oxygen atoms in total. The first-order valence-electron chi connectivity index (χ1n) is 11.4. The molecule has 1 unspecified atom stereocenters. The van der Waals surface area contributed by atoms with Crippen LogP contribution in [0.3, 0.4) is 0 Å². The highest BCUT2D eigenvalue weighted by Crippen LogP contribution is 2.35. The van der Waals surface area contributed by atoms with Crippen LogP contribution in [0.5, 0.6) is 5.75 Å². The zero-order valence-electron chi connectivity index (χ0n) is 20.2. The van der Waals surface area contributed by atoms with E-state index < -0.39 is 0 Å². The van der Waals surface area contributed by atoms with Crippen molar-refractivity contribution in [2.45, 2.75) is 12.5 Å². The van der Waals surface area contributed by atoms with Gasteiger partial charge in [-0.2, -0.15) is 0 Å². The van der Waals surface area contributed by atoms with Gasteiger partial charge in [-0.3, -0.25) is 4.79 Å². The predicted molar refractivity (Wildman–Crippen MR) is 137 cm³/mol. The Kier molecular flexibility index (Phi) is 7.31. The largest absolute Gasteiger partial charge is 0.496 e. The number of rotatable bonds is 8. The Balaban J connectivity index is 1.72. The van der Waals surface area contributed by atoms with E-state index >= 15 is 0 Å². The molecule has 0 radical (unpaired) electrons. The number of halogens is 1. The van der Waals surface area contributed by atoms with Crippen LogP contribution in [-0.4, -0.2) is 61.1 Å². The molecule has 0 spiro atoms. The highest BCUT2D eigenvalue weighted by atomic mass is 19.1. The van der Waals surface area contributed by atoms with Gasteiger partial charge in [0.25, 0.3) is 5.91 Å². The number of allylic oxidation sites excluding steroid dienone is 2. The van der Waals surface area contributed by atoms with E-state index in [1.54, 1.807) is 33.5 Å². The Labute approximate surface area is 204 Å². The smallest absolute Gasteiger partial charge is 0.255 e. The normalized spacial score (nSPS) is 16.4. The third-order valence-electron chi connectivity index (χ3n) is 6.07. The molecule has 0 aliphatic carbocycles. The summed E-state index contributed by atoms with van der Waals surface area (Å²) >= 11 is 0. The van der Waals surface area contributed by atoms with E-state index in [9.17, 15) is 9.18 Å². The van der Waals surface area contributed by atoms with Crippen molar-refractivity contribution >= 4 is 22.5 Å². The molecule has 3 aromatic rings. The molecule has 1 aliphatic heterocycles. The van der Waals surface area contributed by atoms with Gasteiger partial charge in [0, 0.05) is 61.2 Å². The average Bonchev–Trinajstić information content (AvgIpc) is 3.54. The quantitative estimate of drug-likeness (QED) is 0.339. The number of carbonyl (C=O) groups is 1. The van der Waals surface area contributed by atoms with Crippen molar-refractivity contribution in [1.29, 1.82) is 0 Å².